The van der Waals surface area contributed by atoms with E-state index in [-0.39, 0.29) is 11.6 Å². The van der Waals surface area contributed by atoms with E-state index in [9.17, 15) is 0 Å². The fourth-order valence-electron chi connectivity index (χ4n) is 3.22. The lowest BCUT2D eigenvalue weighted by Crippen LogP contribution is -2.55. The standard InChI is InChI=1S/C16H26ClN3O/c1-16(2,20-9-5-4-6-10-20)15(19-18)12-7-8-13(17)14(11-12)21-3/h7-8,11,15,19H,4-6,9-10,18H2,1-3H3. The van der Waals surface area contributed by atoms with Crippen molar-refractivity contribution >= 4 is 11.6 Å². The molecule has 2 rings (SSSR count). The van der Waals surface area contributed by atoms with Crippen molar-refractivity contribution < 1.29 is 4.74 Å². The number of likely N-dealkylation sites (tertiary alicyclic amines) is 1. The zero-order chi connectivity index (χ0) is 15.5. The number of nitrogens with zero attached hydrogens (tertiary/aromatic N) is 1. The van der Waals surface area contributed by atoms with Gasteiger partial charge in [-0.25, -0.2) is 0 Å². The minimum atomic E-state index is -0.0754. The highest BCUT2D eigenvalue weighted by atomic mass is 35.5. The Kier molecular flexibility index (Phi) is 5.49. The Labute approximate surface area is 132 Å². The molecule has 1 heterocycles. The maximum Gasteiger partial charge on any atom is 0.137 e. The molecule has 1 atom stereocenters. The Morgan fingerprint density at radius 1 is 1.29 bits per heavy atom. The molecular formula is C16H26ClN3O. The zero-order valence-electron chi connectivity index (χ0n) is 13.2. The summed E-state index contributed by atoms with van der Waals surface area (Å²) in [6.07, 6.45) is 3.83. The Morgan fingerprint density at radius 2 is 1.95 bits per heavy atom. The average Bonchev–Trinajstić information content (AvgIpc) is 2.50. The molecule has 0 aliphatic carbocycles. The van der Waals surface area contributed by atoms with Gasteiger partial charge in [0.1, 0.15) is 5.75 Å². The summed E-state index contributed by atoms with van der Waals surface area (Å²) in [6.45, 7) is 6.72. The third kappa shape index (κ3) is 3.51. The number of halogens is 1. The molecule has 4 nitrogen and oxygen atoms in total. The second kappa shape index (κ2) is 6.97. The molecule has 0 aromatic heterocycles. The quantitative estimate of drug-likeness (QED) is 0.648. The number of ether oxygens (including phenoxy) is 1. The van der Waals surface area contributed by atoms with Crippen LogP contribution in [0.4, 0.5) is 0 Å². The summed E-state index contributed by atoms with van der Waals surface area (Å²) in [4.78, 5) is 2.52. The predicted molar refractivity (Wildman–Crippen MR) is 87.6 cm³/mol. The molecule has 1 aliphatic rings. The molecule has 118 valence electrons. The van der Waals surface area contributed by atoms with Crippen molar-refractivity contribution in [1.82, 2.24) is 10.3 Å². The Morgan fingerprint density at radius 3 is 2.52 bits per heavy atom. The lowest BCUT2D eigenvalue weighted by atomic mass is 9.86. The van der Waals surface area contributed by atoms with Crippen molar-refractivity contribution in [1.29, 1.82) is 0 Å². The largest absolute Gasteiger partial charge is 0.495 e. The molecule has 0 bridgehead atoms. The molecule has 1 aromatic rings. The average molecular weight is 312 g/mol. The Hall–Kier alpha value is -0.810. The predicted octanol–water partition coefficient (Wildman–Crippen LogP) is 3.12. The Bertz CT molecular complexity index is 473. The Balaban J connectivity index is 2.29. The van der Waals surface area contributed by atoms with E-state index in [4.69, 9.17) is 22.2 Å². The normalized spacial score (nSPS) is 18.5. The summed E-state index contributed by atoms with van der Waals surface area (Å²) in [7, 11) is 1.63. The lowest BCUT2D eigenvalue weighted by Gasteiger charge is -2.46. The first-order valence-corrected chi connectivity index (χ1v) is 7.93. The fourth-order valence-corrected chi connectivity index (χ4v) is 3.41. The van der Waals surface area contributed by atoms with E-state index in [0.717, 1.165) is 18.7 Å². The second-order valence-corrected chi connectivity index (χ2v) is 6.60. The van der Waals surface area contributed by atoms with Gasteiger partial charge in [-0.15, -0.1) is 0 Å². The van der Waals surface area contributed by atoms with Gasteiger partial charge >= 0.3 is 0 Å². The van der Waals surface area contributed by atoms with Crippen molar-refractivity contribution in [2.45, 2.75) is 44.7 Å². The van der Waals surface area contributed by atoms with Crippen LogP contribution >= 0.6 is 11.6 Å². The topological polar surface area (TPSA) is 50.5 Å². The summed E-state index contributed by atoms with van der Waals surface area (Å²) in [5.41, 5.74) is 4.00. The van der Waals surface area contributed by atoms with Gasteiger partial charge in [0.2, 0.25) is 0 Å². The number of nitrogens with one attached hydrogen (secondary N) is 1. The molecule has 1 aromatic carbocycles. The van der Waals surface area contributed by atoms with E-state index < -0.39 is 0 Å². The SMILES string of the molecule is COc1cc(C(NN)C(C)(C)N2CCCCC2)ccc1Cl. The van der Waals surface area contributed by atoms with Crippen LogP contribution in [-0.4, -0.2) is 30.6 Å². The van der Waals surface area contributed by atoms with Crippen LogP contribution in [0.3, 0.4) is 0 Å². The number of hydrazine groups is 1. The summed E-state index contributed by atoms with van der Waals surface area (Å²) < 4.78 is 5.32. The summed E-state index contributed by atoms with van der Waals surface area (Å²) in [5, 5.41) is 0.618. The number of benzene rings is 1. The third-order valence-electron chi connectivity index (χ3n) is 4.55. The molecule has 1 saturated heterocycles. The van der Waals surface area contributed by atoms with Crippen molar-refractivity contribution in [3.05, 3.63) is 28.8 Å². The van der Waals surface area contributed by atoms with E-state index in [0.29, 0.717) is 10.8 Å². The minimum absolute atomic E-state index is 0.0155. The third-order valence-corrected chi connectivity index (χ3v) is 4.86. The summed E-state index contributed by atoms with van der Waals surface area (Å²) in [5.74, 6) is 6.56. The molecule has 0 saturated carbocycles. The van der Waals surface area contributed by atoms with Crippen molar-refractivity contribution in [2.24, 2.45) is 5.84 Å². The molecule has 1 aliphatic heterocycles. The number of hydrogen-bond donors (Lipinski definition) is 2. The van der Waals surface area contributed by atoms with Gasteiger partial charge < -0.3 is 4.74 Å². The van der Waals surface area contributed by atoms with Gasteiger partial charge in [0, 0.05) is 5.54 Å². The molecular weight excluding hydrogens is 286 g/mol. The first-order valence-electron chi connectivity index (χ1n) is 7.55. The van der Waals surface area contributed by atoms with Crippen LogP contribution < -0.4 is 16.0 Å². The highest BCUT2D eigenvalue weighted by Gasteiger charge is 2.36. The van der Waals surface area contributed by atoms with Crippen LogP contribution in [0, 0.1) is 0 Å². The van der Waals surface area contributed by atoms with Gasteiger partial charge in [-0.3, -0.25) is 16.2 Å². The number of methoxy groups -OCH3 is 1. The van der Waals surface area contributed by atoms with Gasteiger partial charge in [0.25, 0.3) is 0 Å². The van der Waals surface area contributed by atoms with Crippen molar-refractivity contribution in [3.8, 4) is 5.75 Å². The highest BCUT2D eigenvalue weighted by molar-refractivity contribution is 6.32. The molecule has 0 amide bonds. The molecule has 1 fully saturated rings. The van der Waals surface area contributed by atoms with Gasteiger partial charge in [0.15, 0.2) is 0 Å². The van der Waals surface area contributed by atoms with Crippen LogP contribution in [-0.2, 0) is 0 Å². The van der Waals surface area contributed by atoms with Crippen LogP contribution in [0.1, 0.15) is 44.7 Å². The molecule has 5 heteroatoms. The van der Waals surface area contributed by atoms with Crippen molar-refractivity contribution in [3.63, 3.8) is 0 Å². The molecule has 0 radical (unpaired) electrons. The van der Waals surface area contributed by atoms with E-state index >= 15 is 0 Å². The summed E-state index contributed by atoms with van der Waals surface area (Å²) in [6, 6.07) is 5.87. The maximum atomic E-state index is 6.12. The van der Waals surface area contributed by atoms with E-state index in [1.165, 1.54) is 19.3 Å². The van der Waals surface area contributed by atoms with E-state index in [1.807, 2.05) is 18.2 Å². The fraction of sp³-hybridized carbons (Fsp3) is 0.625. The van der Waals surface area contributed by atoms with Crippen molar-refractivity contribution in [2.75, 3.05) is 20.2 Å². The van der Waals surface area contributed by atoms with E-state index in [1.54, 1.807) is 7.11 Å². The lowest BCUT2D eigenvalue weighted by molar-refractivity contribution is 0.0607. The number of rotatable bonds is 5. The van der Waals surface area contributed by atoms with Crippen LogP contribution in [0.25, 0.3) is 0 Å². The maximum absolute atomic E-state index is 6.12. The molecule has 3 N–H and O–H groups in total. The first kappa shape index (κ1) is 16.6. The van der Waals surface area contributed by atoms with Gasteiger partial charge in [-0.2, -0.15) is 0 Å². The molecule has 0 spiro atoms. The van der Waals surface area contributed by atoms with Gasteiger partial charge in [-0.1, -0.05) is 24.1 Å². The number of nitrogens with two attached hydrogens (primary N) is 1. The first-order chi connectivity index (χ1) is 10.0. The minimum Gasteiger partial charge on any atom is -0.495 e. The smallest absolute Gasteiger partial charge is 0.137 e. The molecule has 21 heavy (non-hydrogen) atoms. The second-order valence-electron chi connectivity index (χ2n) is 6.20. The van der Waals surface area contributed by atoms with Crippen LogP contribution in [0.15, 0.2) is 18.2 Å². The van der Waals surface area contributed by atoms with Crippen LogP contribution in [0.5, 0.6) is 5.75 Å². The molecule has 1 unspecified atom stereocenters. The van der Waals surface area contributed by atoms with Crippen LogP contribution in [0.2, 0.25) is 5.02 Å². The highest BCUT2D eigenvalue weighted by Crippen LogP contribution is 2.35. The summed E-state index contributed by atoms with van der Waals surface area (Å²) >= 11 is 6.12. The zero-order valence-corrected chi connectivity index (χ0v) is 13.9. The number of hydrogen-bond acceptors (Lipinski definition) is 4. The monoisotopic (exact) mass is 311 g/mol. The van der Waals surface area contributed by atoms with Gasteiger partial charge in [0.05, 0.1) is 18.2 Å². The van der Waals surface area contributed by atoms with E-state index in [2.05, 4.69) is 24.2 Å². The number of piperidine rings is 1. The van der Waals surface area contributed by atoms with Gasteiger partial charge in [-0.05, 0) is 57.5 Å².